The molecule has 100 valence electrons. The molecule has 0 aliphatic carbocycles. The van der Waals surface area contributed by atoms with Crippen LogP contribution in [0, 0.1) is 6.92 Å². The van der Waals surface area contributed by atoms with Gasteiger partial charge >= 0.3 is 0 Å². The fourth-order valence-electron chi connectivity index (χ4n) is 2.88. The highest BCUT2D eigenvalue weighted by Crippen LogP contribution is 2.31. The van der Waals surface area contributed by atoms with Gasteiger partial charge in [0.05, 0.1) is 23.9 Å². The second-order valence-electron chi connectivity index (χ2n) is 5.12. The Hall–Kier alpha value is -2.04. The van der Waals surface area contributed by atoms with E-state index in [-0.39, 0.29) is 0 Å². The molecular weight excluding hydrogens is 238 g/mol. The van der Waals surface area contributed by atoms with E-state index < -0.39 is 0 Å². The predicted octanol–water partition coefficient (Wildman–Crippen LogP) is 2.01. The Morgan fingerprint density at radius 1 is 1.21 bits per heavy atom. The maximum atomic E-state index is 6.06. The van der Waals surface area contributed by atoms with Crippen molar-refractivity contribution >= 4 is 11.4 Å². The molecule has 0 bridgehead atoms. The van der Waals surface area contributed by atoms with E-state index in [2.05, 4.69) is 26.4 Å². The fourth-order valence-corrected chi connectivity index (χ4v) is 2.88. The SMILES string of the molecule is Cc1cncc(N)c1N1CCC(n2ccnc2)CC1. The van der Waals surface area contributed by atoms with Crippen LogP contribution in [0.15, 0.2) is 31.1 Å². The molecule has 3 heterocycles. The van der Waals surface area contributed by atoms with E-state index in [4.69, 9.17) is 5.73 Å². The van der Waals surface area contributed by atoms with E-state index in [1.54, 1.807) is 6.20 Å². The van der Waals surface area contributed by atoms with Crippen molar-refractivity contribution in [3.8, 4) is 0 Å². The summed E-state index contributed by atoms with van der Waals surface area (Å²) in [6.45, 7) is 4.12. The minimum absolute atomic E-state index is 0.558. The third kappa shape index (κ3) is 2.28. The van der Waals surface area contributed by atoms with Crippen LogP contribution in [0.4, 0.5) is 11.4 Å². The number of imidazole rings is 1. The lowest BCUT2D eigenvalue weighted by Crippen LogP contribution is -2.35. The van der Waals surface area contributed by atoms with Crippen LogP contribution in [0.2, 0.25) is 0 Å². The molecule has 0 atom stereocenters. The zero-order valence-electron chi connectivity index (χ0n) is 11.2. The zero-order chi connectivity index (χ0) is 13.2. The number of piperidine rings is 1. The van der Waals surface area contributed by atoms with Gasteiger partial charge in [-0.2, -0.15) is 0 Å². The van der Waals surface area contributed by atoms with Gasteiger partial charge in [0.25, 0.3) is 0 Å². The minimum Gasteiger partial charge on any atom is -0.396 e. The van der Waals surface area contributed by atoms with Gasteiger partial charge in [-0.15, -0.1) is 0 Å². The van der Waals surface area contributed by atoms with Crippen LogP contribution < -0.4 is 10.6 Å². The normalized spacial score (nSPS) is 16.8. The number of hydrogen-bond acceptors (Lipinski definition) is 4. The Kier molecular flexibility index (Phi) is 3.11. The van der Waals surface area contributed by atoms with Crippen molar-refractivity contribution in [3.05, 3.63) is 36.7 Å². The standard InChI is InChI=1S/C14H19N5/c1-11-8-17-9-13(15)14(11)18-5-2-12(3-6-18)19-7-4-16-10-19/h4,7-10,12H,2-3,5-6,15H2,1H3. The molecule has 0 unspecified atom stereocenters. The Morgan fingerprint density at radius 2 is 2.00 bits per heavy atom. The van der Waals surface area contributed by atoms with E-state index in [0.717, 1.165) is 42.9 Å². The number of pyridine rings is 1. The maximum absolute atomic E-state index is 6.06. The zero-order valence-corrected chi connectivity index (χ0v) is 11.2. The van der Waals surface area contributed by atoms with E-state index >= 15 is 0 Å². The number of nitrogen functional groups attached to an aromatic ring is 1. The number of hydrogen-bond donors (Lipinski definition) is 1. The van der Waals surface area contributed by atoms with Crippen molar-refractivity contribution in [1.29, 1.82) is 0 Å². The van der Waals surface area contributed by atoms with Gasteiger partial charge in [0.15, 0.2) is 0 Å². The molecule has 2 aromatic heterocycles. The molecule has 2 aromatic rings. The monoisotopic (exact) mass is 257 g/mol. The van der Waals surface area contributed by atoms with Gasteiger partial charge in [0.1, 0.15) is 0 Å². The van der Waals surface area contributed by atoms with Crippen molar-refractivity contribution in [2.24, 2.45) is 0 Å². The second-order valence-corrected chi connectivity index (χ2v) is 5.12. The first-order valence-electron chi connectivity index (χ1n) is 6.68. The van der Waals surface area contributed by atoms with Gasteiger partial charge in [-0.05, 0) is 25.3 Å². The molecule has 1 aliphatic rings. The first-order valence-corrected chi connectivity index (χ1v) is 6.68. The molecule has 1 aliphatic heterocycles. The van der Waals surface area contributed by atoms with E-state index in [1.807, 2.05) is 24.9 Å². The highest BCUT2D eigenvalue weighted by molar-refractivity contribution is 5.70. The molecule has 3 rings (SSSR count). The first-order chi connectivity index (χ1) is 9.25. The summed E-state index contributed by atoms with van der Waals surface area (Å²) in [6, 6.07) is 0.558. The molecule has 0 radical (unpaired) electrons. The van der Waals surface area contributed by atoms with Gasteiger partial charge in [-0.25, -0.2) is 4.98 Å². The van der Waals surface area contributed by atoms with Crippen LogP contribution in [-0.4, -0.2) is 27.6 Å². The maximum Gasteiger partial charge on any atom is 0.0948 e. The fraction of sp³-hybridized carbons (Fsp3) is 0.429. The lowest BCUT2D eigenvalue weighted by atomic mass is 10.0. The molecule has 1 fully saturated rings. The van der Waals surface area contributed by atoms with Gasteiger partial charge in [-0.1, -0.05) is 0 Å². The van der Waals surface area contributed by atoms with Crippen LogP contribution in [0.1, 0.15) is 24.4 Å². The Morgan fingerprint density at radius 3 is 2.63 bits per heavy atom. The molecule has 2 N–H and O–H groups in total. The molecule has 0 aromatic carbocycles. The lowest BCUT2D eigenvalue weighted by Gasteiger charge is -2.35. The molecule has 0 amide bonds. The number of aryl methyl sites for hydroxylation is 1. The van der Waals surface area contributed by atoms with Crippen LogP contribution in [0.25, 0.3) is 0 Å². The van der Waals surface area contributed by atoms with Crippen LogP contribution in [-0.2, 0) is 0 Å². The van der Waals surface area contributed by atoms with Gasteiger partial charge in [-0.3, -0.25) is 4.98 Å². The average Bonchev–Trinajstić information content (AvgIpc) is 2.93. The van der Waals surface area contributed by atoms with Gasteiger partial charge in [0, 0.05) is 37.7 Å². The first kappa shape index (κ1) is 12.0. The largest absolute Gasteiger partial charge is 0.396 e. The summed E-state index contributed by atoms with van der Waals surface area (Å²) in [7, 11) is 0. The Bertz CT molecular complexity index is 521. The molecule has 0 saturated carbocycles. The van der Waals surface area contributed by atoms with Gasteiger partial charge in [0.2, 0.25) is 0 Å². The smallest absolute Gasteiger partial charge is 0.0948 e. The molecule has 0 spiro atoms. The quantitative estimate of drug-likeness (QED) is 0.894. The topological polar surface area (TPSA) is 60.0 Å². The number of nitrogens with two attached hydrogens (primary N) is 1. The Balaban J connectivity index is 1.74. The predicted molar refractivity (Wildman–Crippen MR) is 76.1 cm³/mol. The summed E-state index contributed by atoms with van der Waals surface area (Å²) in [5.74, 6) is 0. The highest BCUT2D eigenvalue weighted by Gasteiger charge is 2.22. The molecule has 1 saturated heterocycles. The van der Waals surface area contributed by atoms with E-state index in [9.17, 15) is 0 Å². The Labute approximate surface area is 113 Å². The average molecular weight is 257 g/mol. The molecule has 19 heavy (non-hydrogen) atoms. The summed E-state index contributed by atoms with van der Waals surface area (Å²) >= 11 is 0. The van der Waals surface area contributed by atoms with Crippen molar-refractivity contribution in [2.75, 3.05) is 23.7 Å². The summed E-state index contributed by atoms with van der Waals surface area (Å²) < 4.78 is 2.21. The van der Waals surface area contributed by atoms with Crippen molar-refractivity contribution < 1.29 is 0 Å². The summed E-state index contributed by atoms with van der Waals surface area (Å²) in [4.78, 5) is 10.6. The highest BCUT2D eigenvalue weighted by atomic mass is 15.2. The van der Waals surface area contributed by atoms with E-state index in [1.165, 1.54) is 0 Å². The number of aromatic nitrogens is 3. The summed E-state index contributed by atoms with van der Waals surface area (Å²) in [5.41, 5.74) is 9.15. The van der Waals surface area contributed by atoms with E-state index in [0.29, 0.717) is 6.04 Å². The number of nitrogens with zero attached hydrogens (tertiary/aromatic N) is 4. The molecular formula is C14H19N5. The van der Waals surface area contributed by atoms with Crippen LogP contribution in [0.5, 0.6) is 0 Å². The molecule has 5 heteroatoms. The van der Waals surface area contributed by atoms with Crippen molar-refractivity contribution in [1.82, 2.24) is 14.5 Å². The second kappa shape index (κ2) is 4.91. The third-order valence-electron chi connectivity index (χ3n) is 3.86. The molecule has 5 nitrogen and oxygen atoms in total. The number of rotatable bonds is 2. The summed E-state index contributed by atoms with van der Waals surface area (Å²) in [6.07, 6.45) is 11.7. The van der Waals surface area contributed by atoms with Crippen LogP contribution >= 0.6 is 0 Å². The number of anilines is 2. The van der Waals surface area contributed by atoms with Crippen LogP contribution in [0.3, 0.4) is 0 Å². The summed E-state index contributed by atoms with van der Waals surface area (Å²) in [5, 5.41) is 0. The minimum atomic E-state index is 0.558. The van der Waals surface area contributed by atoms with Crippen molar-refractivity contribution in [3.63, 3.8) is 0 Å². The third-order valence-corrected chi connectivity index (χ3v) is 3.86. The van der Waals surface area contributed by atoms with Crippen molar-refractivity contribution in [2.45, 2.75) is 25.8 Å². The van der Waals surface area contributed by atoms with Gasteiger partial charge < -0.3 is 15.2 Å². The lowest BCUT2D eigenvalue weighted by molar-refractivity contribution is 0.396.